The first-order valence-electron chi connectivity index (χ1n) is 4.13. The van der Waals surface area contributed by atoms with Gasteiger partial charge in [-0.3, -0.25) is 4.79 Å². The third-order valence-corrected chi connectivity index (χ3v) is 2.24. The van der Waals surface area contributed by atoms with Gasteiger partial charge in [-0.05, 0) is 24.6 Å². The molecule has 0 fully saturated rings. The highest BCUT2D eigenvalue weighted by Gasteiger charge is 2.11. The van der Waals surface area contributed by atoms with Crippen LogP contribution in [0.25, 0.3) is 0 Å². The van der Waals surface area contributed by atoms with Gasteiger partial charge in [0.2, 0.25) is 0 Å². The SMILES string of the molecule is COc1cc(C)c(C(=O)CCl)cc1N. The number of Topliss-reactive ketones (excluding diaryl/α,β-unsaturated/α-hetero) is 1. The number of rotatable bonds is 3. The minimum atomic E-state index is -0.126. The third-order valence-electron chi connectivity index (χ3n) is 2.00. The summed E-state index contributed by atoms with van der Waals surface area (Å²) in [4.78, 5) is 11.4. The van der Waals surface area contributed by atoms with Crippen molar-refractivity contribution in [2.75, 3.05) is 18.7 Å². The van der Waals surface area contributed by atoms with Crippen molar-refractivity contribution in [3.63, 3.8) is 0 Å². The van der Waals surface area contributed by atoms with Gasteiger partial charge in [0, 0.05) is 5.56 Å². The van der Waals surface area contributed by atoms with Gasteiger partial charge in [0.05, 0.1) is 18.7 Å². The number of hydrogen-bond donors (Lipinski definition) is 1. The number of aryl methyl sites for hydroxylation is 1. The van der Waals surface area contributed by atoms with Gasteiger partial charge in [-0.25, -0.2) is 0 Å². The molecule has 0 spiro atoms. The molecule has 0 saturated heterocycles. The van der Waals surface area contributed by atoms with Gasteiger partial charge in [0.1, 0.15) is 5.75 Å². The zero-order valence-corrected chi connectivity index (χ0v) is 8.89. The fourth-order valence-electron chi connectivity index (χ4n) is 1.25. The fourth-order valence-corrected chi connectivity index (χ4v) is 1.39. The molecule has 0 aliphatic carbocycles. The van der Waals surface area contributed by atoms with Crippen LogP contribution in [0.3, 0.4) is 0 Å². The van der Waals surface area contributed by atoms with E-state index in [1.54, 1.807) is 12.1 Å². The van der Waals surface area contributed by atoms with Crippen molar-refractivity contribution in [2.24, 2.45) is 0 Å². The van der Waals surface area contributed by atoms with Crippen molar-refractivity contribution in [3.8, 4) is 5.75 Å². The second kappa shape index (κ2) is 4.33. The van der Waals surface area contributed by atoms with E-state index in [1.165, 1.54) is 7.11 Å². The van der Waals surface area contributed by atoms with Crippen molar-refractivity contribution in [1.82, 2.24) is 0 Å². The van der Waals surface area contributed by atoms with Crippen molar-refractivity contribution < 1.29 is 9.53 Å². The molecule has 4 heteroatoms. The average molecular weight is 214 g/mol. The third kappa shape index (κ3) is 1.99. The summed E-state index contributed by atoms with van der Waals surface area (Å²) >= 11 is 5.46. The zero-order valence-electron chi connectivity index (χ0n) is 8.13. The summed E-state index contributed by atoms with van der Waals surface area (Å²) in [5.74, 6) is 0.416. The number of nitrogens with two attached hydrogens (primary N) is 1. The Bertz CT molecular complexity index is 363. The molecule has 0 aromatic heterocycles. The van der Waals surface area contributed by atoms with Gasteiger partial charge in [-0.2, -0.15) is 0 Å². The standard InChI is InChI=1S/C10H12ClNO2/c1-6-3-10(14-2)8(12)4-7(6)9(13)5-11/h3-4H,5,12H2,1-2H3. The molecule has 0 bridgehead atoms. The van der Waals surface area contributed by atoms with Crippen LogP contribution in [0.1, 0.15) is 15.9 Å². The largest absolute Gasteiger partial charge is 0.495 e. The van der Waals surface area contributed by atoms with Gasteiger partial charge in [-0.1, -0.05) is 0 Å². The van der Waals surface area contributed by atoms with Crippen LogP contribution in [-0.2, 0) is 0 Å². The van der Waals surface area contributed by atoms with Crippen LogP contribution < -0.4 is 10.5 Å². The van der Waals surface area contributed by atoms with E-state index >= 15 is 0 Å². The maximum atomic E-state index is 11.4. The number of halogens is 1. The lowest BCUT2D eigenvalue weighted by Crippen LogP contribution is -2.05. The molecule has 0 amide bonds. The predicted octanol–water partition coefficient (Wildman–Crippen LogP) is 2.01. The molecule has 0 unspecified atom stereocenters. The molecule has 0 aliphatic rings. The van der Waals surface area contributed by atoms with Crippen LogP contribution in [-0.4, -0.2) is 18.8 Å². The van der Waals surface area contributed by atoms with Gasteiger partial charge in [-0.15, -0.1) is 11.6 Å². The quantitative estimate of drug-likeness (QED) is 0.475. The Hall–Kier alpha value is -1.22. The van der Waals surface area contributed by atoms with Gasteiger partial charge in [0.25, 0.3) is 0 Å². The lowest BCUT2D eigenvalue weighted by Gasteiger charge is -2.09. The summed E-state index contributed by atoms with van der Waals surface area (Å²) in [6, 6.07) is 3.33. The lowest BCUT2D eigenvalue weighted by atomic mass is 10.0. The molecule has 0 radical (unpaired) electrons. The van der Waals surface area contributed by atoms with Crippen molar-refractivity contribution in [3.05, 3.63) is 23.3 Å². The first-order valence-corrected chi connectivity index (χ1v) is 4.67. The number of hydrogen-bond acceptors (Lipinski definition) is 3. The van der Waals surface area contributed by atoms with Crippen LogP contribution >= 0.6 is 11.6 Å². The lowest BCUT2D eigenvalue weighted by molar-refractivity contribution is 0.102. The van der Waals surface area contributed by atoms with Crippen molar-refractivity contribution >= 4 is 23.1 Å². The molecule has 0 aliphatic heterocycles. The van der Waals surface area contributed by atoms with E-state index in [-0.39, 0.29) is 11.7 Å². The molecule has 2 N–H and O–H groups in total. The summed E-state index contributed by atoms with van der Waals surface area (Å²) in [5, 5.41) is 0. The Labute approximate surface area is 87.8 Å². The van der Waals surface area contributed by atoms with Crippen LogP contribution in [0.2, 0.25) is 0 Å². The number of anilines is 1. The predicted molar refractivity (Wildman–Crippen MR) is 57.2 cm³/mol. The Morgan fingerprint density at radius 2 is 2.21 bits per heavy atom. The van der Waals surface area contributed by atoms with Crippen LogP contribution in [0.5, 0.6) is 5.75 Å². The molecule has 76 valence electrons. The molecule has 0 heterocycles. The average Bonchev–Trinajstić information content (AvgIpc) is 2.19. The molecular formula is C10H12ClNO2. The highest BCUT2D eigenvalue weighted by atomic mass is 35.5. The number of benzene rings is 1. The maximum Gasteiger partial charge on any atom is 0.177 e. The smallest absolute Gasteiger partial charge is 0.177 e. The van der Waals surface area contributed by atoms with E-state index < -0.39 is 0 Å². The topological polar surface area (TPSA) is 52.3 Å². The zero-order chi connectivity index (χ0) is 10.7. The Morgan fingerprint density at radius 1 is 1.57 bits per heavy atom. The summed E-state index contributed by atoms with van der Waals surface area (Å²) in [7, 11) is 1.54. The maximum absolute atomic E-state index is 11.4. The highest BCUT2D eigenvalue weighted by Crippen LogP contribution is 2.25. The molecule has 14 heavy (non-hydrogen) atoms. The number of carbonyl (C=O) groups excluding carboxylic acids is 1. The number of ketones is 1. The van der Waals surface area contributed by atoms with E-state index in [9.17, 15) is 4.79 Å². The molecule has 3 nitrogen and oxygen atoms in total. The highest BCUT2D eigenvalue weighted by molar-refractivity contribution is 6.30. The van der Waals surface area contributed by atoms with Gasteiger partial charge >= 0.3 is 0 Å². The van der Waals surface area contributed by atoms with E-state index in [0.717, 1.165) is 5.56 Å². The van der Waals surface area contributed by atoms with E-state index in [2.05, 4.69) is 0 Å². The van der Waals surface area contributed by atoms with Crippen molar-refractivity contribution in [2.45, 2.75) is 6.92 Å². The number of methoxy groups -OCH3 is 1. The van der Waals surface area contributed by atoms with Gasteiger partial charge < -0.3 is 10.5 Å². The Morgan fingerprint density at radius 3 is 2.71 bits per heavy atom. The number of nitrogen functional groups attached to an aromatic ring is 1. The summed E-state index contributed by atoms with van der Waals surface area (Å²) in [6.07, 6.45) is 0. The summed E-state index contributed by atoms with van der Waals surface area (Å²) in [5.41, 5.74) is 7.50. The first-order chi connectivity index (χ1) is 6.60. The molecule has 0 saturated carbocycles. The first kappa shape index (κ1) is 10.9. The Kier molecular flexibility index (Phi) is 3.36. The number of ether oxygens (including phenoxy) is 1. The Balaban J connectivity index is 3.21. The second-order valence-corrected chi connectivity index (χ2v) is 3.23. The molecule has 1 rings (SSSR count). The van der Waals surface area contributed by atoms with Gasteiger partial charge in [0.15, 0.2) is 5.78 Å². The molecule has 1 aromatic rings. The van der Waals surface area contributed by atoms with E-state index in [4.69, 9.17) is 22.1 Å². The second-order valence-electron chi connectivity index (χ2n) is 2.97. The minimum Gasteiger partial charge on any atom is -0.495 e. The molecular weight excluding hydrogens is 202 g/mol. The normalized spacial score (nSPS) is 9.93. The van der Waals surface area contributed by atoms with E-state index in [0.29, 0.717) is 17.0 Å². The summed E-state index contributed by atoms with van der Waals surface area (Å²) in [6.45, 7) is 1.82. The number of alkyl halides is 1. The monoisotopic (exact) mass is 213 g/mol. The number of carbonyl (C=O) groups is 1. The molecule has 0 atom stereocenters. The van der Waals surface area contributed by atoms with Crippen LogP contribution in [0, 0.1) is 6.92 Å². The molecule has 1 aromatic carbocycles. The minimum absolute atomic E-state index is 0.0351. The fraction of sp³-hybridized carbons (Fsp3) is 0.300. The van der Waals surface area contributed by atoms with E-state index in [1.807, 2.05) is 6.92 Å². The van der Waals surface area contributed by atoms with Crippen LogP contribution in [0.15, 0.2) is 12.1 Å². The van der Waals surface area contributed by atoms with Crippen molar-refractivity contribution in [1.29, 1.82) is 0 Å². The van der Waals surface area contributed by atoms with Crippen LogP contribution in [0.4, 0.5) is 5.69 Å². The summed E-state index contributed by atoms with van der Waals surface area (Å²) < 4.78 is 5.02.